The molecule has 0 bridgehead atoms. The highest BCUT2D eigenvalue weighted by Crippen LogP contribution is 2.30. The molecule has 3 aromatic rings. The van der Waals surface area contributed by atoms with Crippen molar-refractivity contribution in [3.63, 3.8) is 0 Å². The van der Waals surface area contributed by atoms with Crippen LogP contribution in [0.1, 0.15) is 34.4 Å². The van der Waals surface area contributed by atoms with Crippen molar-refractivity contribution in [3.05, 3.63) is 77.2 Å². The largest absolute Gasteiger partial charge is 0.497 e. The third-order valence-electron chi connectivity index (χ3n) is 5.09. The summed E-state index contributed by atoms with van der Waals surface area (Å²) in [7, 11) is 1.66. The van der Waals surface area contributed by atoms with Crippen LogP contribution in [0.3, 0.4) is 0 Å². The number of aryl methyl sites for hydroxylation is 1. The van der Waals surface area contributed by atoms with E-state index in [4.69, 9.17) is 14.7 Å². The minimum absolute atomic E-state index is 0.0477. The van der Waals surface area contributed by atoms with Crippen LogP contribution < -0.4 is 4.74 Å². The van der Waals surface area contributed by atoms with Crippen molar-refractivity contribution in [2.75, 3.05) is 13.7 Å². The van der Waals surface area contributed by atoms with Gasteiger partial charge in [0.1, 0.15) is 11.6 Å². The van der Waals surface area contributed by atoms with Gasteiger partial charge in [0.15, 0.2) is 0 Å². The molecule has 142 valence electrons. The topological polar surface area (TPSA) is 55.3 Å². The van der Waals surface area contributed by atoms with E-state index < -0.39 is 0 Å². The highest BCUT2D eigenvalue weighted by molar-refractivity contribution is 5.94. The number of amides is 1. The van der Waals surface area contributed by atoms with E-state index in [9.17, 15) is 4.79 Å². The standard InChI is InChI=1S/C23H23N3O2/c1-3-21-24-20-13-14-26(23(27)17-7-5-4-6-8-17)15-19(20)22(25-21)16-9-11-18(28-2)12-10-16/h4-12H,3,13-15H2,1-2H3. The van der Waals surface area contributed by atoms with Gasteiger partial charge < -0.3 is 9.64 Å². The first kappa shape index (κ1) is 18.2. The van der Waals surface area contributed by atoms with Crippen molar-refractivity contribution in [1.29, 1.82) is 0 Å². The van der Waals surface area contributed by atoms with Crippen molar-refractivity contribution in [3.8, 4) is 17.0 Å². The maximum absolute atomic E-state index is 12.9. The molecule has 1 aliphatic heterocycles. The molecule has 0 saturated heterocycles. The van der Waals surface area contributed by atoms with Gasteiger partial charge in [-0.2, -0.15) is 0 Å². The van der Waals surface area contributed by atoms with Gasteiger partial charge in [0.05, 0.1) is 18.5 Å². The molecule has 28 heavy (non-hydrogen) atoms. The predicted octanol–water partition coefficient (Wildman–Crippen LogP) is 3.91. The second kappa shape index (κ2) is 7.80. The minimum atomic E-state index is 0.0477. The smallest absolute Gasteiger partial charge is 0.254 e. The van der Waals surface area contributed by atoms with Gasteiger partial charge >= 0.3 is 0 Å². The number of rotatable bonds is 4. The molecule has 1 amide bonds. The number of nitrogens with zero attached hydrogens (tertiary/aromatic N) is 3. The molecule has 0 N–H and O–H groups in total. The molecule has 5 heteroatoms. The first-order valence-corrected chi connectivity index (χ1v) is 9.57. The lowest BCUT2D eigenvalue weighted by molar-refractivity contribution is 0.0733. The van der Waals surface area contributed by atoms with Gasteiger partial charge in [-0.05, 0) is 36.4 Å². The lowest BCUT2D eigenvalue weighted by atomic mass is 9.98. The summed E-state index contributed by atoms with van der Waals surface area (Å²) in [6, 6.07) is 17.3. The molecule has 0 atom stereocenters. The summed E-state index contributed by atoms with van der Waals surface area (Å²) in [6.45, 7) is 3.25. The zero-order valence-corrected chi connectivity index (χ0v) is 16.2. The molecule has 0 fully saturated rings. The van der Waals surface area contributed by atoms with E-state index in [-0.39, 0.29) is 5.91 Å². The summed E-state index contributed by atoms with van der Waals surface area (Å²) in [5, 5.41) is 0. The second-order valence-corrected chi connectivity index (χ2v) is 6.84. The maximum Gasteiger partial charge on any atom is 0.254 e. The predicted molar refractivity (Wildman–Crippen MR) is 108 cm³/mol. The summed E-state index contributed by atoms with van der Waals surface area (Å²) in [5.41, 5.74) is 4.73. The van der Waals surface area contributed by atoms with E-state index in [0.29, 0.717) is 18.7 Å². The van der Waals surface area contributed by atoms with Gasteiger partial charge in [0.25, 0.3) is 5.91 Å². The van der Waals surface area contributed by atoms with Crippen LogP contribution in [0.2, 0.25) is 0 Å². The van der Waals surface area contributed by atoms with Crippen molar-refractivity contribution < 1.29 is 9.53 Å². The van der Waals surface area contributed by atoms with Crippen molar-refractivity contribution in [1.82, 2.24) is 14.9 Å². The summed E-state index contributed by atoms with van der Waals surface area (Å²) in [6.07, 6.45) is 1.52. The summed E-state index contributed by atoms with van der Waals surface area (Å²) < 4.78 is 5.27. The Morgan fingerprint density at radius 3 is 2.50 bits per heavy atom. The molecule has 1 aromatic heterocycles. The number of carbonyl (C=O) groups excluding carboxylic acids is 1. The van der Waals surface area contributed by atoms with Gasteiger partial charge in [-0.15, -0.1) is 0 Å². The fraction of sp³-hybridized carbons (Fsp3) is 0.261. The van der Waals surface area contributed by atoms with E-state index in [1.165, 1.54) is 0 Å². The molecule has 0 unspecified atom stereocenters. The SMILES string of the molecule is CCc1nc2c(c(-c3ccc(OC)cc3)n1)CN(C(=O)c1ccccc1)CC2. The van der Waals surface area contributed by atoms with Gasteiger partial charge in [0, 0.05) is 42.6 Å². The number of hydrogen-bond donors (Lipinski definition) is 0. The molecule has 0 saturated carbocycles. The van der Waals surface area contributed by atoms with Crippen molar-refractivity contribution in [2.45, 2.75) is 26.3 Å². The van der Waals surface area contributed by atoms with Gasteiger partial charge in [-0.25, -0.2) is 9.97 Å². The number of fused-ring (bicyclic) bond motifs is 1. The maximum atomic E-state index is 12.9. The second-order valence-electron chi connectivity index (χ2n) is 6.84. The number of hydrogen-bond acceptors (Lipinski definition) is 4. The lowest BCUT2D eigenvalue weighted by Crippen LogP contribution is -2.37. The molecule has 1 aliphatic rings. The Balaban J connectivity index is 1.72. The van der Waals surface area contributed by atoms with E-state index in [0.717, 1.165) is 46.9 Å². The van der Waals surface area contributed by atoms with Crippen LogP contribution >= 0.6 is 0 Å². The highest BCUT2D eigenvalue weighted by atomic mass is 16.5. The van der Waals surface area contributed by atoms with E-state index in [1.54, 1.807) is 7.11 Å². The fourth-order valence-electron chi connectivity index (χ4n) is 3.55. The van der Waals surface area contributed by atoms with Gasteiger partial charge in [0.2, 0.25) is 0 Å². The summed E-state index contributed by atoms with van der Waals surface area (Å²) in [4.78, 5) is 24.4. The van der Waals surface area contributed by atoms with Crippen LogP contribution in [0.5, 0.6) is 5.75 Å². The average Bonchev–Trinajstić information content (AvgIpc) is 2.78. The Labute approximate surface area is 165 Å². The molecule has 4 rings (SSSR count). The first-order valence-electron chi connectivity index (χ1n) is 9.57. The Kier molecular flexibility index (Phi) is 5.06. The monoisotopic (exact) mass is 373 g/mol. The van der Waals surface area contributed by atoms with Gasteiger partial charge in [-0.1, -0.05) is 25.1 Å². The van der Waals surface area contributed by atoms with Crippen LogP contribution in [0.4, 0.5) is 0 Å². The van der Waals surface area contributed by atoms with Crippen LogP contribution in [-0.4, -0.2) is 34.4 Å². The van der Waals surface area contributed by atoms with Crippen molar-refractivity contribution in [2.24, 2.45) is 0 Å². The van der Waals surface area contributed by atoms with Crippen molar-refractivity contribution >= 4 is 5.91 Å². The Morgan fingerprint density at radius 1 is 1.07 bits per heavy atom. The number of aromatic nitrogens is 2. The first-order chi connectivity index (χ1) is 13.7. The molecule has 0 spiro atoms. The van der Waals surface area contributed by atoms with E-state index >= 15 is 0 Å². The molecular weight excluding hydrogens is 350 g/mol. The number of carbonyl (C=O) groups is 1. The molecule has 2 aromatic carbocycles. The van der Waals surface area contributed by atoms with Crippen LogP contribution in [-0.2, 0) is 19.4 Å². The lowest BCUT2D eigenvalue weighted by Gasteiger charge is -2.30. The minimum Gasteiger partial charge on any atom is -0.497 e. The Bertz CT molecular complexity index is 985. The van der Waals surface area contributed by atoms with Gasteiger partial charge in [-0.3, -0.25) is 4.79 Å². The third kappa shape index (κ3) is 3.48. The Hall–Kier alpha value is -3.21. The molecule has 5 nitrogen and oxygen atoms in total. The van der Waals surface area contributed by atoms with E-state index in [2.05, 4.69) is 6.92 Å². The van der Waals surface area contributed by atoms with Crippen LogP contribution in [0.25, 0.3) is 11.3 Å². The van der Waals surface area contributed by atoms with Crippen LogP contribution in [0, 0.1) is 0 Å². The zero-order chi connectivity index (χ0) is 19.5. The Morgan fingerprint density at radius 2 is 1.82 bits per heavy atom. The highest BCUT2D eigenvalue weighted by Gasteiger charge is 2.26. The third-order valence-corrected chi connectivity index (χ3v) is 5.09. The number of ether oxygens (including phenoxy) is 1. The average molecular weight is 373 g/mol. The molecule has 0 aliphatic carbocycles. The number of methoxy groups -OCH3 is 1. The summed E-state index contributed by atoms with van der Waals surface area (Å²) >= 11 is 0. The van der Waals surface area contributed by atoms with Crippen LogP contribution in [0.15, 0.2) is 54.6 Å². The molecular formula is C23H23N3O2. The normalized spacial score (nSPS) is 13.1. The summed E-state index contributed by atoms with van der Waals surface area (Å²) in [5.74, 6) is 1.70. The van der Waals surface area contributed by atoms with E-state index in [1.807, 2.05) is 59.5 Å². The zero-order valence-electron chi connectivity index (χ0n) is 16.2. The number of benzene rings is 2. The quantitative estimate of drug-likeness (QED) is 0.696. The fourth-order valence-corrected chi connectivity index (χ4v) is 3.55. The molecule has 2 heterocycles. The molecule has 0 radical (unpaired) electrons.